The zero-order chi connectivity index (χ0) is 13.2. The number of thiazole rings is 1. The Labute approximate surface area is 117 Å². The van der Waals surface area contributed by atoms with Gasteiger partial charge in [-0.1, -0.05) is 42.5 Å². The quantitative estimate of drug-likeness (QED) is 0.730. The van der Waals surface area contributed by atoms with E-state index in [-0.39, 0.29) is 0 Å². The van der Waals surface area contributed by atoms with Gasteiger partial charge in [-0.05, 0) is 42.7 Å². The second-order valence-electron chi connectivity index (χ2n) is 4.62. The monoisotopic (exact) mass is 268 g/mol. The molecule has 3 aromatic rings. The number of nitrogens with zero attached hydrogens (tertiary/aromatic N) is 1. The van der Waals surface area contributed by atoms with Crippen molar-refractivity contribution in [1.29, 1.82) is 0 Å². The highest BCUT2D eigenvalue weighted by atomic mass is 32.1. The van der Waals surface area contributed by atoms with Gasteiger partial charge in [-0.2, -0.15) is 0 Å². The molecule has 0 aliphatic heterocycles. The molecule has 1 heterocycles. The molecule has 1 aromatic heterocycles. The SMILES string of the molecule is CCc1ccc(Nc2nc3c(C)cccc3s2)cc1. The number of hydrogen-bond acceptors (Lipinski definition) is 3. The van der Waals surface area contributed by atoms with Gasteiger partial charge in [0, 0.05) is 5.69 Å². The van der Waals surface area contributed by atoms with E-state index in [4.69, 9.17) is 0 Å². The molecule has 2 aromatic carbocycles. The Kier molecular flexibility index (Phi) is 3.22. The zero-order valence-corrected chi connectivity index (χ0v) is 11.9. The summed E-state index contributed by atoms with van der Waals surface area (Å²) in [6.45, 7) is 4.26. The first kappa shape index (κ1) is 12.2. The van der Waals surface area contributed by atoms with Crippen molar-refractivity contribution in [2.45, 2.75) is 20.3 Å². The van der Waals surface area contributed by atoms with Crippen LogP contribution in [-0.2, 0) is 6.42 Å². The van der Waals surface area contributed by atoms with Crippen molar-refractivity contribution in [3.8, 4) is 0 Å². The van der Waals surface area contributed by atoms with E-state index in [1.54, 1.807) is 11.3 Å². The van der Waals surface area contributed by atoms with Crippen LogP contribution in [0.2, 0.25) is 0 Å². The van der Waals surface area contributed by atoms with E-state index in [0.29, 0.717) is 0 Å². The first-order chi connectivity index (χ1) is 9.26. The Morgan fingerprint density at radius 3 is 2.58 bits per heavy atom. The Balaban J connectivity index is 1.90. The molecule has 0 bridgehead atoms. The van der Waals surface area contributed by atoms with E-state index in [9.17, 15) is 0 Å². The van der Waals surface area contributed by atoms with Crippen LogP contribution in [0.3, 0.4) is 0 Å². The van der Waals surface area contributed by atoms with Crippen LogP contribution in [0, 0.1) is 6.92 Å². The van der Waals surface area contributed by atoms with Crippen LogP contribution in [-0.4, -0.2) is 4.98 Å². The summed E-state index contributed by atoms with van der Waals surface area (Å²) in [7, 11) is 0. The molecule has 3 heteroatoms. The predicted molar refractivity (Wildman–Crippen MR) is 83.5 cm³/mol. The van der Waals surface area contributed by atoms with E-state index < -0.39 is 0 Å². The van der Waals surface area contributed by atoms with Crippen molar-refractivity contribution in [3.05, 3.63) is 53.6 Å². The fourth-order valence-corrected chi connectivity index (χ4v) is 3.05. The molecule has 0 aliphatic carbocycles. The van der Waals surface area contributed by atoms with Gasteiger partial charge in [0.05, 0.1) is 10.2 Å². The summed E-state index contributed by atoms with van der Waals surface area (Å²) in [6.07, 6.45) is 1.07. The van der Waals surface area contributed by atoms with Gasteiger partial charge in [0.25, 0.3) is 0 Å². The van der Waals surface area contributed by atoms with E-state index in [0.717, 1.165) is 22.8 Å². The van der Waals surface area contributed by atoms with Gasteiger partial charge in [0.15, 0.2) is 5.13 Å². The molecule has 0 atom stereocenters. The molecule has 0 saturated heterocycles. The van der Waals surface area contributed by atoms with Crippen LogP contribution in [0.25, 0.3) is 10.2 Å². The molecule has 96 valence electrons. The molecule has 0 unspecified atom stereocenters. The summed E-state index contributed by atoms with van der Waals surface area (Å²) in [4.78, 5) is 4.66. The van der Waals surface area contributed by atoms with Crippen LogP contribution >= 0.6 is 11.3 Å². The molecule has 19 heavy (non-hydrogen) atoms. The van der Waals surface area contributed by atoms with Crippen LogP contribution in [0.4, 0.5) is 10.8 Å². The summed E-state index contributed by atoms with van der Waals surface area (Å²) >= 11 is 1.69. The van der Waals surface area contributed by atoms with Crippen molar-refractivity contribution >= 4 is 32.4 Å². The number of aromatic nitrogens is 1. The second kappa shape index (κ2) is 5.02. The molecular weight excluding hydrogens is 252 g/mol. The van der Waals surface area contributed by atoms with Gasteiger partial charge in [-0.15, -0.1) is 0 Å². The van der Waals surface area contributed by atoms with Gasteiger partial charge >= 0.3 is 0 Å². The molecule has 1 N–H and O–H groups in total. The second-order valence-corrected chi connectivity index (χ2v) is 5.65. The number of aryl methyl sites for hydroxylation is 2. The summed E-state index contributed by atoms with van der Waals surface area (Å²) in [5.74, 6) is 0. The lowest BCUT2D eigenvalue weighted by molar-refractivity contribution is 1.14. The van der Waals surface area contributed by atoms with Crippen LogP contribution in [0.15, 0.2) is 42.5 Å². The average Bonchev–Trinajstić information content (AvgIpc) is 2.84. The standard InChI is InChI=1S/C16H16N2S/c1-3-12-7-9-13(10-8-12)17-16-18-15-11(2)5-4-6-14(15)19-16/h4-10H,3H2,1-2H3,(H,17,18). The van der Waals surface area contributed by atoms with Crippen molar-refractivity contribution in [2.75, 3.05) is 5.32 Å². The van der Waals surface area contributed by atoms with Crippen molar-refractivity contribution < 1.29 is 0 Å². The maximum Gasteiger partial charge on any atom is 0.188 e. The fourth-order valence-electron chi connectivity index (χ4n) is 2.09. The Hall–Kier alpha value is -1.87. The Morgan fingerprint density at radius 2 is 1.89 bits per heavy atom. The molecule has 0 spiro atoms. The summed E-state index contributed by atoms with van der Waals surface area (Å²) < 4.78 is 1.23. The fraction of sp³-hybridized carbons (Fsp3) is 0.188. The number of para-hydroxylation sites is 1. The van der Waals surface area contributed by atoms with Crippen LogP contribution < -0.4 is 5.32 Å². The van der Waals surface area contributed by atoms with E-state index in [1.165, 1.54) is 15.8 Å². The average molecular weight is 268 g/mol. The molecule has 0 amide bonds. The Morgan fingerprint density at radius 1 is 1.11 bits per heavy atom. The normalized spacial score (nSPS) is 10.8. The lowest BCUT2D eigenvalue weighted by Gasteiger charge is -2.03. The van der Waals surface area contributed by atoms with Gasteiger partial charge in [0.2, 0.25) is 0 Å². The first-order valence-corrected chi connectivity index (χ1v) is 7.30. The van der Waals surface area contributed by atoms with E-state index >= 15 is 0 Å². The van der Waals surface area contributed by atoms with Crippen LogP contribution in [0.1, 0.15) is 18.1 Å². The minimum absolute atomic E-state index is 0.952. The molecule has 0 fully saturated rings. The molecule has 0 radical (unpaired) electrons. The highest BCUT2D eigenvalue weighted by molar-refractivity contribution is 7.22. The van der Waals surface area contributed by atoms with Gasteiger partial charge in [0.1, 0.15) is 0 Å². The summed E-state index contributed by atoms with van der Waals surface area (Å²) in [5, 5.41) is 4.33. The summed E-state index contributed by atoms with van der Waals surface area (Å²) in [5.41, 5.74) is 4.77. The van der Waals surface area contributed by atoms with Crippen molar-refractivity contribution in [2.24, 2.45) is 0 Å². The van der Waals surface area contributed by atoms with Crippen LogP contribution in [0.5, 0.6) is 0 Å². The highest BCUT2D eigenvalue weighted by Gasteiger charge is 2.05. The van der Waals surface area contributed by atoms with Crippen molar-refractivity contribution in [3.63, 3.8) is 0 Å². The largest absolute Gasteiger partial charge is 0.332 e. The van der Waals surface area contributed by atoms with Gasteiger partial charge in [-0.25, -0.2) is 4.98 Å². The van der Waals surface area contributed by atoms with Crippen molar-refractivity contribution in [1.82, 2.24) is 4.98 Å². The maximum absolute atomic E-state index is 4.66. The maximum atomic E-state index is 4.66. The van der Waals surface area contributed by atoms with E-state index in [2.05, 4.69) is 66.6 Å². The number of fused-ring (bicyclic) bond motifs is 1. The first-order valence-electron chi connectivity index (χ1n) is 6.48. The lowest BCUT2D eigenvalue weighted by Crippen LogP contribution is -1.89. The smallest absolute Gasteiger partial charge is 0.188 e. The highest BCUT2D eigenvalue weighted by Crippen LogP contribution is 2.29. The number of nitrogens with one attached hydrogen (secondary N) is 1. The zero-order valence-electron chi connectivity index (χ0n) is 11.1. The number of rotatable bonds is 3. The van der Waals surface area contributed by atoms with Gasteiger partial charge < -0.3 is 5.32 Å². The predicted octanol–water partition coefficient (Wildman–Crippen LogP) is 4.91. The minimum Gasteiger partial charge on any atom is -0.332 e. The molecule has 3 rings (SSSR count). The number of anilines is 2. The molecule has 0 saturated carbocycles. The number of benzene rings is 2. The summed E-state index contributed by atoms with van der Waals surface area (Å²) in [6, 6.07) is 14.8. The van der Waals surface area contributed by atoms with Gasteiger partial charge in [-0.3, -0.25) is 0 Å². The minimum atomic E-state index is 0.952. The van der Waals surface area contributed by atoms with E-state index in [1.807, 2.05) is 0 Å². The third-order valence-electron chi connectivity index (χ3n) is 3.23. The Bertz CT molecular complexity index is 698. The molecule has 2 nitrogen and oxygen atoms in total. The lowest BCUT2D eigenvalue weighted by atomic mass is 10.1. The number of hydrogen-bond donors (Lipinski definition) is 1. The molecule has 0 aliphatic rings. The molecular formula is C16H16N2S. The third-order valence-corrected chi connectivity index (χ3v) is 4.17. The third kappa shape index (κ3) is 2.47. The topological polar surface area (TPSA) is 24.9 Å².